The van der Waals surface area contributed by atoms with Crippen molar-refractivity contribution in [3.8, 4) is 34.3 Å². The molecule has 0 aliphatic heterocycles. The molecule has 0 aliphatic carbocycles. The Kier molecular flexibility index (Phi) is 8.20. The molecule has 2 heterocycles. The number of ether oxygens (including phenoxy) is 3. The van der Waals surface area contributed by atoms with Crippen LogP contribution in [0.1, 0.15) is 29.8 Å². The summed E-state index contributed by atoms with van der Waals surface area (Å²) in [6.45, 7) is 6.71. The summed E-state index contributed by atoms with van der Waals surface area (Å²) in [7, 11) is 1.82. The SMILES string of the molecule is CCOc1ccc(OCC)c(NC(=O)c2ccc(C)c(Oc3ncccc3-c3ccnc(NC)c3)c2)c1. The summed E-state index contributed by atoms with van der Waals surface area (Å²) < 4.78 is 17.5. The van der Waals surface area contributed by atoms with Gasteiger partial charge in [0.15, 0.2) is 0 Å². The van der Waals surface area contributed by atoms with Crippen LogP contribution < -0.4 is 24.8 Å². The number of nitrogens with zero attached hydrogens (tertiary/aromatic N) is 2. The minimum atomic E-state index is -0.298. The number of hydrogen-bond donors (Lipinski definition) is 2. The van der Waals surface area contributed by atoms with Gasteiger partial charge >= 0.3 is 0 Å². The molecule has 190 valence electrons. The molecule has 2 N–H and O–H groups in total. The lowest BCUT2D eigenvalue weighted by molar-refractivity contribution is 0.102. The quantitative estimate of drug-likeness (QED) is 0.264. The van der Waals surface area contributed by atoms with Gasteiger partial charge in [-0.2, -0.15) is 0 Å². The lowest BCUT2D eigenvalue weighted by Crippen LogP contribution is -2.13. The van der Waals surface area contributed by atoms with E-state index in [1.54, 1.807) is 36.7 Å². The topological polar surface area (TPSA) is 94.6 Å². The average molecular weight is 499 g/mol. The zero-order valence-electron chi connectivity index (χ0n) is 21.4. The van der Waals surface area contributed by atoms with Crippen LogP contribution >= 0.6 is 0 Å². The van der Waals surface area contributed by atoms with Crippen LogP contribution in [0.4, 0.5) is 11.5 Å². The minimum absolute atomic E-state index is 0.298. The predicted molar refractivity (Wildman–Crippen MR) is 145 cm³/mol. The van der Waals surface area contributed by atoms with Gasteiger partial charge in [0.2, 0.25) is 5.88 Å². The van der Waals surface area contributed by atoms with Crippen LogP contribution in [0, 0.1) is 6.92 Å². The maximum Gasteiger partial charge on any atom is 0.255 e. The molecule has 4 rings (SSSR count). The number of pyridine rings is 2. The number of rotatable bonds is 10. The van der Waals surface area contributed by atoms with E-state index >= 15 is 0 Å². The Morgan fingerprint density at radius 1 is 0.892 bits per heavy atom. The van der Waals surface area contributed by atoms with Crippen molar-refractivity contribution in [2.75, 3.05) is 30.9 Å². The second kappa shape index (κ2) is 11.9. The molecule has 8 heteroatoms. The monoisotopic (exact) mass is 498 g/mol. The Balaban J connectivity index is 1.61. The van der Waals surface area contributed by atoms with Crippen molar-refractivity contribution < 1.29 is 19.0 Å². The summed E-state index contributed by atoms with van der Waals surface area (Å²) in [6.07, 6.45) is 3.40. The molecule has 8 nitrogen and oxygen atoms in total. The number of hydrogen-bond acceptors (Lipinski definition) is 7. The van der Waals surface area contributed by atoms with Crippen LogP contribution in [-0.4, -0.2) is 36.1 Å². The summed E-state index contributed by atoms with van der Waals surface area (Å²) >= 11 is 0. The van der Waals surface area contributed by atoms with Crippen molar-refractivity contribution in [2.45, 2.75) is 20.8 Å². The molecular formula is C29H30N4O4. The van der Waals surface area contributed by atoms with E-state index in [9.17, 15) is 4.79 Å². The van der Waals surface area contributed by atoms with Crippen LogP contribution in [0.25, 0.3) is 11.1 Å². The van der Waals surface area contributed by atoms with Crippen molar-refractivity contribution in [1.29, 1.82) is 0 Å². The molecule has 2 aromatic carbocycles. The molecule has 0 radical (unpaired) electrons. The van der Waals surface area contributed by atoms with Gasteiger partial charge in [0.1, 0.15) is 23.1 Å². The van der Waals surface area contributed by atoms with Crippen molar-refractivity contribution in [3.05, 3.63) is 84.2 Å². The molecule has 0 saturated carbocycles. The van der Waals surface area contributed by atoms with Gasteiger partial charge in [-0.3, -0.25) is 4.79 Å². The van der Waals surface area contributed by atoms with E-state index in [0.29, 0.717) is 47.6 Å². The van der Waals surface area contributed by atoms with Crippen LogP contribution in [0.3, 0.4) is 0 Å². The number of aromatic nitrogens is 2. The molecule has 1 amide bonds. The highest BCUT2D eigenvalue weighted by molar-refractivity contribution is 6.05. The van der Waals surface area contributed by atoms with Gasteiger partial charge in [0.25, 0.3) is 5.91 Å². The van der Waals surface area contributed by atoms with Gasteiger partial charge in [-0.15, -0.1) is 0 Å². The van der Waals surface area contributed by atoms with Crippen molar-refractivity contribution in [2.24, 2.45) is 0 Å². The predicted octanol–water partition coefficient (Wildman–Crippen LogP) is 6.34. The molecule has 0 bridgehead atoms. The van der Waals surface area contributed by atoms with E-state index in [2.05, 4.69) is 20.6 Å². The number of carbonyl (C=O) groups is 1. The zero-order valence-corrected chi connectivity index (χ0v) is 21.4. The third-order valence-corrected chi connectivity index (χ3v) is 5.57. The van der Waals surface area contributed by atoms with E-state index in [4.69, 9.17) is 14.2 Å². The van der Waals surface area contributed by atoms with Gasteiger partial charge in [-0.1, -0.05) is 6.07 Å². The number of aryl methyl sites for hydroxylation is 1. The van der Waals surface area contributed by atoms with Gasteiger partial charge < -0.3 is 24.8 Å². The van der Waals surface area contributed by atoms with Crippen molar-refractivity contribution in [1.82, 2.24) is 9.97 Å². The number of amides is 1. The molecule has 37 heavy (non-hydrogen) atoms. The number of anilines is 2. The van der Waals surface area contributed by atoms with E-state index < -0.39 is 0 Å². The third kappa shape index (κ3) is 6.16. The smallest absolute Gasteiger partial charge is 0.255 e. The fraction of sp³-hybridized carbons (Fsp3) is 0.207. The van der Waals surface area contributed by atoms with Gasteiger partial charge in [0.05, 0.1) is 18.9 Å². The zero-order chi connectivity index (χ0) is 26.2. The number of benzene rings is 2. The number of carbonyl (C=O) groups excluding carboxylic acids is 1. The summed E-state index contributed by atoms with van der Waals surface area (Å²) in [4.78, 5) is 22.0. The highest BCUT2D eigenvalue weighted by atomic mass is 16.5. The summed E-state index contributed by atoms with van der Waals surface area (Å²) in [5, 5.41) is 5.99. The maximum atomic E-state index is 13.2. The largest absolute Gasteiger partial charge is 0.494 e. The Labute approximate surface area is 216 Å². The van der Waals surface area contributed by atoms with Crippen LogP contribution in [0.15, 0.2) is 73.1 Å². The first kappa shape index (κ1) is 25.5. The van der Waals surface area contributed by atoms with Gasteiger partial charge in [-0.05, 0) is 80.4 Å². The molecular weight excluding hydrogens is 468 g/mol. The third-order valence-electron chi connectivity index (χ3n) is 5.57. The lowest BCUT2D eigenvalue weighted by atomic mass is 10.1. The molecule has 2 aromatic heterocycles. The second-order valence-corrected chi connectivity index (χ2v) is 8.10. The second-order valence-electron chi connectivity index (χ2n) is 8.10. The van der Waals surface area contributed by atoms with Crippen LogP contribution in [0.2, 0.25) is 0 Å². The molecule has 0 aliphatic rings. The number of nitrogens with one attached hydrogen (secondary N) is 2. The Bertz CT molecular complexity index is 1390. The summed E-state index contributed by atoms with van der Waals surface area (Å²) in [5.74, 6) is 2.62. The summed E-state index contributed by atoms with van der Waals surface area (Å²) in [5.41, 5.74) is 3.55. The highest BCUT2D eigenvalue weighted by Gasteiger charge is 2.16. The van der Waals surface area contributed by atoms with Crippen LogP contribution in [-0.2, 0) is 0 Å². The minimum Gasteiger partial charge on any atom is -0.494 e. The maximum absolute atomic E-state index is 13.2. The standard InChI is InChI=1S/C29H30N4O4/c1-5-35-22-11-12-25(36-6-2)24(18-22)33-28(34)21-10-9-19(3)26(16-21)37-29-23(8-7-14-32-29)20-13-15-31-27(17-20)30-4/h7-18H,5-6H2,1-4H3,(H,30,31)(H,33,34). The first-order chi connectivity index (χ1) is 18.0. The fourth-order valence-electron chi connectivity index (χ4n) is 3.72. The molecule has 0 unspecified atom stereocenters. The van der Waals surface area contributed by atoms with Gasteiger partial charge in [0, 0.05) is 36.6 Å². The molecule has 4 aromatic rings. The fourth-order valence-corrected chi connectivity index (χ4v) is 3.72. The van der Waals surface area contributed by atoms with Crippen molar-refractivity contribution in [3.63, 3.8) is 0 Å². The first-order valence-electron chi connectivity index (χ1n) is 12.1. The van der Waals surface area contributed by atoms with E-state index in [0.717, 1.165) is 22.5 Å². The molecule has 0 spiro atoms. The molecule has 0 saturated heterocycles. The summed E-state index contributed by atoms with van der Waals surface area (Å²) in [6, 6.07) is 18.3. The first-order valence-corrected chi connectivity index (χ1v) is 12.1. The average Bonchev–Trinajstić information content (AvgIpc) is 2.92. The normalized spacial score (nSPS) is 10.5. The lowest BCUT2D eigenvalue weighted by Gasteiger charge is -2.15. The molecule has 0 atom stereocenters. The van der Waals surface area contributed by atoms with E-state index in [1.807, 2.05) is 64.2 Å². The Morgan fingerprint density at radius 3 is 2.51 bits per heavy atom. The van der Waals surface area contributed by atoms with E-state index in [1.165, 1.54) is 0 Å². The van der Waals surface area contributed by atoms with Crippen LogP contribution in [0.5, 0.6) is 23.1 Å². The Morgan fingerprint density at radius 2 is 1.73 bits per heavy atom. The van der Waals surface area contributed by atoms with Crippen molar-refractivity contribution >= 4 is 17.4 Å². The molecule has 0 fully saturated rings. The van der Waals surface area contributed by atoms with E-state index in [-0.39, 0.29) is 5.91 Å². The highest BCUT2D eigenvalue weighted by Crippen LogP contribution is 2.34. The van der Waals surface area contributed by atoms with Gasteiger partial charge in [-0.25, -0.2) is 9.97 Å². The Hall–Kier alpha value is -4.59.